The highest BCUT2D eigenvalue weighted by Crippen LogP contribution is 2.21. The zero-order valence-corrected chi connectivity index (χ0v) is 12.8. The van der Waals surface area contributed by atoms with Gasteiger partial charge in [-0.3, -0.25) is 9.80 Å². The molecule has 19 heavy (non-hydrogen) atoms. The largest absolute Gasteiger partial charge is 0.389 e. The number of likely N-dealkylation sites (tertiary alicyclic amines) is 1. The Kier molecular flexibility index (Phi) is 5.23. The van der Waals surface area contributed by atoms with Gasteiger partial charge >= 0.3 is 0 Å². The molecule has 2 fully saturated rings. The molecule has 0 saturated carbocycles. The van der Waals surface area contributed by atoms with Crippen LogP contribution in [0.3, 0.4) is 0 Å². The summed E-state index contributed by atoms with van der Waals surface area (Å²) in [5.74, 6) is 0.717. The molecule has 0 aromatic carbocycles. The van der Waals surface area contributed by atoms with Crippen LogP contribution in [0.1, 0.15) is 33.6 Å². The summed E-state index contributed by atoms with van der Waals surface area (Å²) in [5, 5.41) is 10.2. The zero-order chi connectivity index (χ0) is 13.9. The summed E-state index contributed by atoms with van der Waals surface area (Å²) in [6.45, 7) is 13.5. The number of nitrogens with zero attached hydrogens (tertiary/aromatic N) is 2. The second-order valence-corrected chi connectivity index (χ2v) is 6.98. The number of aliphatic hydroxyl groups is 1. The molecule has 4 nitrogen and oxygen atoms in total. The van der Waals surface area contributed by atoms with E-state index in [2.05, 4.69) is 23.6 Å². The van der Waals surface area contributed by atoms with Crippen LogP contribution in [-0.4, -0.2) is 72.5 Å². The molecule has 2 aliphatic rings. The first-order valence-electron chi connectivity index (χ1n) is 7.73. The maximum Gasteiger partial charge on any atom is 0.0829 e. The molecule has 2 saturated heterocycles. The average molecular weight is 270 g/mol. The third-order valence-corrected chi connectivity index (χ3v) is 4.06. The first-order valence-corrected chi connectivity index (χ1v) is 7.73. The van der Waals surface area contributed by atoms with E-state index in [1.54, 1.807) is 0 Å². The highest BCUT2D eigenvalue weighted by atomic mass is 16.5. The van der Waals surface area contributed by atoms with Crippen molar-refractivity contribution in [1.82, 2.24) is 9.80 Å². The molecule has 112 valence electrons. The molecule has 2 rings (SSSR count). The molecule has 1 N–H and O–H groups in total. The van der Waals surface area contributed by atoms with Crippen LogP contribution in [0.5, 0.6) is 0 Å². The third kappa shape index (κ3) is 5.03. The second kappa shape index (κ2) is 6.53. The summed E-state index contributed by atoms with van der Waals surface area (Å²) in [4.78, 5) is 4.88. The Morgan fingerprint density at radius 1 is 1.32 bits per heavy atom. The van der Waals surface area contributed by atoms with Gasteiger partial charge in [-0.1, -0.05) is 13.8 Å². The van der Waals surface area contributed by atoms with E-state index in [1.165, 1.54) is 0 Å². The maximum absolute atomic E-state index is 10.2. The van der Waals surface area contributed by atoms with Gasteiger partial charge in [0, 0.05) is 32.7 Å². The van der Waals surface area contributed by atoms with Gasteiger partial charge in [-0.25, -0.2) is 0 Å². The van der Waals surface area contributed by atoms with Crippen LogP contribution < -0.4 is 0 Å². The Hall–Kier alpha value is -0.160. The predicted octanol–water partition coefficient (Wildman–Crippen LogP) is 1.19. The fraction of sp³-hybridized carbons (Fsp3) is 1.00. The number of β-amino-alcohol motifs (C(OH)–C–C–N with tert-alkyl or cyclic N) is 1. The summed E-state index contributed by atoms with van der Waals surface area (Å²) in [6.07, 6.45) is 2.32. The highest BCUT2D eigenvalue weighted by Gasteiger charge is 2.31. The number of morpholine rings is 1. The SMILES string of the molecule is CC(C)CN1CCOC(CN2CCCC(C)(O)C2)C1. The number of hydrogen-bond acceptors (Lipinski definition) is 4. The van der Waals surface area contributed by atoms with Crippen LogP contribution >= 0.6 is 0 Å². The topological polar surface area (TPSA) is 35.9 Å². The number of hydrogen-bond donors (Lipinski definition) is 1. The lowest BCUT2D eigenvalue weighted by Crippen LogP contribution is -2.52. The van der Waals surface area contributed by atoms with Gasteiger partial charge in [-0.15, -0.1) is 0 Å². The fourth-order valence-corrected chi connectivity index (χ4v) is 3.34. The minimum atomic E-state index is -0.509. The van der Waals surface area contributed by atoms with Crippen LogP contribution in [0, 0.1) is 5.92 Å². The summed E-state index contributed by atoms with van der Waals surface area (Å²) in [5.41, 5.74) is -0.509. The second-order valence-electron chi connectivity index (χ2n) is 6.98. The highest BCUT2D eigenvalue weighted by molar-refractivity contribution is 4.85. The summed E-state index contributed by atoms with van der Waals surface area (Å²) in [6, 6.07) is 0. The van der Waals surface area contributed by atoms with Crippen LogP contribution in [0.25, 0.3) is 0 Å². The number of rotatable bonds is 4. The molecule has 0 amide bonds. The minimum Gasteiger partial charge on any atom is -0.389 e. The van der Waals surface area contributed by atoms with Crippen LogP contribution in [0.4, 0.5) is 0 Å². The molecule has 2 atom stereocenters. The standard InChI is InChI=1S/C15H30N2O2/c1-13(2)9-16-7-8-19-14(10-16)11-17-6-4-5-15(3,18)12-17/h13-14,18H,4-12H2,1-3H3. The van der Waals surface area contributed by atoms with Gasteiger partial charge in [-0.2, -0.15) is 0 Å². The van der Waals surface area contributed by atoms with Gasteiger partial charge in [0.15, 0.2) is 0 Å². The zero-order valence-electron chi connectivity index (χ0n) is 12.8. The van der Waals surface area contributed by atoms with Crippen molar-refractivity contribution in [2.75, 3.05) is 45.9 Å². The van der Waals surface area contributed by atoms with Crippen molar-refractivity contribution < 1.29 is 9.84 Å². The molecule has 2 aliphatic heterocycles. The van der Waals surface area contributed by atoms with Crippen molar-refractivity contribution in [3.63, 3.8) is 0 Å². The lowest BCUT2D eigenvalue weighted by molar-refractivity contribution is -0.0694. The van der Waals surface area contributed by atoms with Gasteiger partial charge < -0.3 is 9.84 Å². The summed E-state index contributed by atoms with van der Waals surface area (Å²) >= 11 is 0. The van der Waals surface area contributed by atoms with Crippen molar-refractivity contribution in [1.29, 1.82) is 0 Å². The minimum absolute atomic E-state index is 0.307. The van der Waals surface area contributed by atoms with Crippen LogP contribution in [-0.2, 0) is 4.74 Å². The average Bonchev–Trinajstić information content (AvgIpc) is 2.26. The Bertz CT molecular complexity index is 281. The summed E-state index contributed by atoms with van der Waals surface area (Å²) < 4.78 is 5.90. The third-order valence-electron chi connectivity index (χ3n) is 4.06. The smallest absolute Gasteiger partial charge is 0.0829 e. The molecule has 2 unspecified atom stereocenters. The predicted molar refractivity (Wildman–Crippen MR) is 77.3 cm³/mol. The van der Waals surface area contributed by atoms with Crippen molar-refractivity contribution in [2.45, 2.75) is 45.3 Å². The van der Waals surface area contributed by atoms with Gasteiger partial charge in [0.25, 0.3) is 0 Å². The van der Waals surface area contributed by atoms with Gasteiger partial charge in [0.2, 0.25) is 0 Å². The molecule has 0 bridgehead atoms. The van der Waals surface area contributed by atoms with Crippen molar-refractivity contribution >= 4 is 0 Å². The normalized spacial score (nSPS) is 34.9. The van der Waals surface area contributed by atoms with E-state index in [9.17, 15) is 5.11 Å². The summed E-state index contributed by atoms with van der Waals surface area (Å²) in [7, 11) is 0. The Balaban J connectivity index is 1.78. The molecular weight excluding hydrogens is 240 g/mol. The van der Waals surface area contributed by atoms with E-state index < -0.39 is 5.60 Å². The molecular formula is C15H30N2O2. The van der Waals surface area contributed by atoms with E-state index in [-0.39, 0.29) is 0 Å². The Morgan fingerprint density at radius 3 is 2.79 bits per heavy atom. The van der Waals surface area contributed by atoms with Gasteiger partial charge in [0.1, 0.15) is 0 Å². The van der Waals surface area contributed by atoms with E-state index in [0.29, 0.717) is 6.10 Å². The number of ether oxygens (including phenoxy) is 1. The van der Waals surface area contributed by atoms with E-state index in [0.717, 1.165) is 64.6 Å². The van der Waals surface area contributed by atoms with Gasteiger partial charge in [0.05, 0.1) is 18.3 Å². The Morgan fingerprint density at radius 2 is 2.11 bits per heavy atom. The van der Waals surface area contributed by atoms with E-state index >= 15 is 0 Å². The van der Waals surface area contributed by atoms with Crippen LogP contribution in [0.2, 0.25) is 0 Å². The molecule has 0 spiro atoms. The van der Waals surface area contributed by atoms with Gasteiger partial charge in [-0.05, 0) is 32.2 Å². The first kappa shape index (κ1) is 15.2. The van der Waals surface area contributed by atoms with E-state index in [1.807, 2.05) is 6.92 Å². The maximum atomic E-state index is 10.2. The van der Waals surface area contributed by atoms with Crippen LogP contribution in [0.15, 0.2) is 0 Å². The molecule has 0 aromatic rings. The monoisotopic (exact) mass is 270 g/mol. The fourth-order valence-electron chi connectivity index (χ4n) is 3.34. The van der Waals surface area contributed by atoms with E-state index in [4.69, 9.17) is 4.74 Å². The molecule has 2 heterocycles. The number of piperidine rings is 1. The van der Waals surface area contributed by atoms with Crippen molar-refractivity contribution in [3.8, 4) is 0 Å². The molecule has 0 aliphatic carbocycles. The lowest BCUT2D eigenvalue weighted by Gasteiger charge is -2.41. The first-order chi connectivity index (χ1) is 8.94. The molecule has 0 aromatic heterocycles. The molecule has 4 heteroatoms. The quantitative estimate of drug-likeness (QED) is 0.832. The van der Waals surface area contributed by atoms with Crippen molar-refractivity contribution in [3.05, 3.63) is 0 Å². The lowest BCUT2D eigenvalue weighted by atomic mass is 9.95. The Labute approximate surface area is 117 Å². The van der Waals surface area contributed by atoms with Crippen molar-refractivity contribution in [2.24, 2.45) is 5.92 Å². The molecule has 0 radical (unpaired) electrons.